The maximum atomic E-state index is 12.7. The third kappa shape index (κ3) is 3.21. The van der Waals surface area contributed by atoms with Gasteiger partial charge in [-0.05, 0) is 43.0 Å². The number of anilines is 1. The first-order valence-electron chi connectivity index (χ1n) is 8.88. The number of fused-ring (bicyclic) bond motifs is 1. The van der Waals surface area contributed by atoms with Gasteiger partial charge in [-0.15, -0.1) is 0 Å². The van der Waals surface area contributed by atoms with E-state index < -0.39 is 0 Å². The van der Waals surface area contributed by atoms with Gasteiger partial charge in [0, 0.05) is 6.07 Å². The van der Waals surface area contributed by atoms with Crippen molar-refractivity contribution in [2.45, 2.75) is 38.1 Å². The molecule has 1 aliphatic carbocycles. The van der Waals surface area contributed by atoms with E-state index in [0.717, 1.165) is 35.7 Å². The Bertz CT molecular complexity index is 765. The van der Waals surface area contributed by atoms with Crippen LogP contribution in [-0.2, 0) is 11.2 Å². The van der Waals surface area contributed by atoms with Crippen LogP contribution in [0.4, 0.5) is 5.82 Å². The fourth-order valence-corrected chi connectivity index (χ4v) is 3.75. The zero-order valence-corrected chi connectivity index (χ0v) is 14.4. The maximum Gasteiger partial charge on any atom is 0.232 e. The average molecular weight is 341 g/mol. The summed E-state index contributed by atoms with van der Waals surface area (Å²) in [5.74, 6) is 2.16. The number of hydrogen-bond acceptors (Lipinski definition) is 4. The number of methoxy groups -OCH3 is 1. The number of nitrogens with one attached hydrogen (secondary N) is 1. The number of benzene rings is 1. The molecule has 1 amide bonds. The highest BCUT2D eigenvalue weighted by Gasteiger charge is 2.28. The Morgan fingerprint density at radius 1 is 1.32 bits per heavy atom. The fourth-order valence-electron chi connectivity index (χ4n) is 3.75. The van der Waals surface area contributed by atoms with Gasteiger partial charge < -0.3 is 14.8 Å². The van der Waals surface area contributed by atoms with Gasteiger partial charge in [-0.25, -0.2) is 4.68 Å². The van der Waals surface area contributed by atoms with Crippen molar-refractivity contribution < 1.29 is 14.3 Å². The van der Waals surface area contributed by atoms with E-state index in [9.17, 15) is 4.79 Å². The van der Waals surface area contributed by atoms with Crippen molar-refractivity contribution in [2.24, 2.45) is 5.92 Å². The van der Waals surface area contributed by atoms with E-state index in [2.05, 4.69) is 10.4 Å². The number of aromatic nitrogens is 2. The zero-order chi connectivity index (χ0) is 17.2. The summed E-state index contributed by atoms with van der Waals surface area (Å²) >= 11 is 0. The summed E-state index contributed by atoms with van der Waals surface area (Å²) in [7, 11) is 1.64. The number of carbonyl (C=O) groups is 1. The van der Waals surface area contributed by atoms with Crippen LogP contribution in [0, 0.1) is 5.92 Å². The van der Waals surface area contributed by atoms with E-state index in [1.165, 1.54) is 12.8 Å². The molecule has 6 nitrogen and oxygen atoms in total. The highest BCUT2D eigenvalue weighted by atomic mass is 16.5. The summed E-state index contributed by atoms with van der Waals surface area (Å²) in [5.41, 5.74) is 1.01. The number of amides is 1. The second kappa shape index (κ2) is 6.78. The molecular formula is C19H23N3O3. The van der Waals surface area contributed by atoms with Crippen LogP contribution in [0.25, 0.3) is 0 Å². The summed E-state index contributed by atoms with van der Waals surface area (Å²) in [6, 6.07) is 7.99. The van der Waals surface area contributed by atoms with Gasteiger partial charge in [0.15, 0.2) is 0 Å². The predicted octanol–water partition coefficient (Wildman–Crippen LogP) is 3.20. The molecule has 25 heavy (non-hydrogen) atoms. The van der Waals surface area contributed by atoms with Crippen molar-refractivity contribution in [3.63, 3.8) is 0 Å². The Labute approximate surface area is 147 Å². The van der Waals surface area contributed by atoms with E-state index in [1.54, 1.807) is 13.3 Å². The van der Waals surface area contributed by atoms with Crippen LogP contribution >= 0.6 is 0 Å². The molecule has 0 radical (unpaired) electrons. The Balaban J connectivity index is 1.46. The van der Waals surface area contributed by atoms with Crippen molar-refractivity contribution in [3.8, 4) is 11.5 Å². The lowest BCUT2D eigenvalue weighted by Gasteiger charge is -2.25. The van der Waals surface area contributed by atoms with Crippen molar-refractivity contribution in [1.29, 1.82) is 0 Å². The smallest absolute Gasteiger partial charge is 0.232 e. The van der Waals surface area contributed by atoms with Gasteiger partial charge in [0.2, 0.25) is 5.91 Å². The van der Waals surface area contributed by atoms with Crippen LogP contribution in [0.2, 0.25) is 0 Å². The predicted molar refractivity (Wildman–Crippen MR) is 94.0 cm³/mol. The lowest BCUT2D eigenvalue weighted by Crippen LogP contribution is -2.33. The molecule has 1 saturated carbocycles. The first-order valence-corrected chi connectivity index (χ1v) is 8.88. The van der Waals surface area contributed by atoms with Crippen LogP contribution in [0.1, 0.15) is 37.3 Å². The quantitative estimate of drug-likeness (QED) is 0.927. The standard InChI is InChI=1S/C19H23N3O3/c1-24-16-6-7-17-13(11-16)10-14(12-25-17)19(23)21-18-8-9-20-22(18)15-4-2-3-5-15/h6-9,11,14-15H,2-5,10,12H2,1H3,(H,21,23). The highest BCUT2D eigenvalue weighted by molar-refractivity contribution is 5.92. The topological polar surface area (TPSA) is 65.4 Å². The van der Waals surface area contributed by atoms with Crippen molar-refractivity contribution in [2.75, 3.05) is 19.0 Å². The number of rotatable bonds is 4. The van der Waals surface area contributed by atoms with Crippen LogP contribution < -0.4 is 14.8 Å². The molecule has 1 fully saturated rings. The van der Waals surface area contributed by atoms with Gasteiger partial charge in [-0.3, -0.25) is 4.79 Å². The lowest BCUT2D eigenvalue weighted by molar-refractivity contribution is -0.121. The number of nitrogens with zero attached hydrogens (tertiary/aromatic N) is 2. The third-order valence-electron chi connectivity index (χ3n) is 5.14. The molecule has 1 atom stereocenters. The molecule has 0 bridgehead atoms. The molecule has 1 aromatic carbocycles. The normalized spacial score (nSPS) is 20.0. The fraction of sp³-hybridized carbons (Fsp3) is 0.474. The number of ether oxygens (including phenoxy) is 2. The average Bonchev–Trinajstić information content (AvgIpc) is 3.32. The van der Waals surface area contributed by atoms with Gasteiger partial charge in [-0.1, -0.05) is 12.8 Å². The molecule has 6 heteroatoms. The second-order valence-corrected chi connectivity index (χ2v) is 6.77. The SMILES string of the molecule is COc1ccc2c(c1)CC(C(=O)Nc1ccnn1C1CCCC1)CO2. The monoisotopic (exact) mass is 341 g/mol. The summed E-state index contributed by atoms with van der Waals surface area (Å²) in [5, 5.41) is 7.46. The van der Waals surface area contributed by atoms with Gasteiger partial charge in [0.1, 0.15) is 23.9 Å². The minimum Gasteiger partial charge on any atom is -0.497 e. The molecule has 1 unspecified atom stereocenters. The highest BCUT2D eigenvalue weighted by Crippen LogP contribution is 2.33. The van der Waals surface area contributed by atoms with Crippen LogP contribution in [0.3, 0.4) is 0 Å². The van der Waals surface area contributed by atoms with E-state index >= 15 is 0 Å². The third-order valence-corrected chi connectivity index (χ3v) is 5.14. The van der Waals surface area contributed by atoms with E-state index in [-0.39, 0.29) is 11.8 Å². The Morgan fingerprint density at radius 2 is 2.16 bits per heavy atom. The first kappa shape index (κ1) is 16.0. The minimum absolute atomic E-state index is 0.0202. The first-order chi connectivity index (χ1) is 12.2. The molecule has 4 rings (SSSR count). The molecule has 0 saturated heterocycles. The van der Waals surface area contributed by atoms with Crippen molar-refractivity contribution in [1.82, 2.24) is 9.78 Å². The van der Waals surface area contributed by atoms with Crippen LogP contribution in [0.5, 0.6) is 11.5 Å². The van der Waals surface area contributed by atoms with Gasteiger partial charge in [0.25, 0.3) is 0 Å². The second-order valence-electron chi connectivity index (χ2n) is 6.77. The number of hydrogen-bond donors (Lipinski definition) is 1. The molecule has 2 aliphatic rings. The summed E-state index contributed by atoms with van der Waals surface area (Å²) in [6.45, 7) is 0.392. The van der Waals surface area contributed by atoms with Gasteiger partial charge in [-0.2, -0.15) is 5.10 Å². The number of carbonyl (C=O) groups excluding carboxylic acids is 1. The maximum absolute atomic E-state index is 12.7. The molecule has 1 N–H and O–H groups in total. The lowest BCUT2D eigenvalue weighted by atomic mass is 9.96. The summed E-state index contributed by atoms with van der Waals surface area (Å²) in [4.78, 5) is 12.7. The molecule has 1 aromatic heterocycles. The molecule has 2 aromatic rings. The van der Waals surface area contributed by atoms with Gasteiger partial charge >= 0.3 is 0 Å². The summed E-state index contributed by atoms with van der Waals surface area (Å²) < 4.78 is 13.0. The van der Waals surface area contributed by atoms with E-state index in [1.807, 2.05) is 28.9 Å². The van der Waals surface area contributed by atoms with E-state index in [0.29, 0.717) is 19.1 Å². The van der Waals surface area contributed by atoms with Crippen molar-refractivity contribution >= 4 is 11.7 Å². The zero-order valence-electron chi connectivity index (χ0n) is 14.4. The van der Waals surface area contributed by atoms with E-state index in [4.69, 9.17) is 9.47 Å². The molecule has 0 spiro atoms. The molecular weight excluding hydrogens is 318 g/mol. The van der Waals surface area contributed by atoms with Gasteiger partial charge in [0.05, 0.1) is 25.3 Å². The molecule has 1 aliphatic heterocycles. The molecule has 2 heterocycles. The Hall–Kier alpha value is -2.50. The minimum atomic E-state index is -0.216. The van der Waals surface area contributed by atoms with Crippen molar-refractivity contribution in [3.05, 3.63) is 36.0 Å². The summed E-state index contributed by atoms with van der Waals surface area (Å²) in [6.07, 6.45) is 7.12. The Kier molecular flexibility index (Phi) is 4.34. The Morgan fingerprint density at radius 3 is 2.96 bits per heavy atom. The molecule has 132 valence electrons. The largest absolute Gasteiger partial charge is 0.497 e. The van der Waals surface area contributed by atoms with Crippen LogP contribution in [-0.4, -0.2) is 29.4 Å². The van der Waals surface area contributed by atoms with Crippen LogP contribution in [0.15, 0.2) is 30.5 Å².